The van der Waals surface area contributed by atoms with Gasteiger partial charge in [-0.1, -0.05) is 29.3 Å². The van der Waals surface area contributed by atoms with Gasteiger partial charge >= 0.3 is 0 Å². The van der Waals surface area contributed by atoms with Crippen molar-refractivity contribution in [3.05, 3.63) is 63.8 Å². The van der Waals surface area contributed by atoms with Crippen LogP contribution in [-0.2, 0) is 11.2 Å². The van der Waals surface area contributed by atoms with Crippen LogP contribution in [0.15, 0.2) is 42.5 Å². The van der Waals surface area contributed by atoms with Gasteiger partial charge in [-0.05, 0) is 48.4 Å². The molecular weight excluding hydrogens is 381 g/mol. The third kappa shape index (κ3) is 3.48. The fraction of sp³-hybridized carbons (Fsp3) is 0.167. The summed E-state index contributed by atoms with van der Waals surface area (Å²) in [5, 5.41) is 8.56. The molecule has 1 atom stereocenters. The fourth-order valence-electron chi connectivity index (χ4n) is 3.20. The molecule has 0 radical (unpaired) electrons. The van der Waals surface area contributed by atoms with Gasteiger partial charge in [-0.15, -0.1) is 12.4 Å². The summed E-state index contributed by atoms with van der Waals surface area (Å²) in [6, 6.07) is 12.4. The molecule has 0 bridgehead atoms. The second-order valence-corrected chi connectivity index (χ2v) is 6.72. The maximum absolute atomic E-state index is 12.7. The minimum atomic E-state index is -0.432. The zero-order chi connectivity index (χ0) is 16.7. The van der Waals surface area contributed by atoms with E-state index in [0.717, 1.165) is 35.1 Å². The molecule has 1 aromatic heterocycles. The first kappa shape index (κ1) is 18.1. The highest BCUT2D eigenvalue weighted by Crippen LogP contribution is 2.32. The molecule has 0 fully saturated rings. The smallest absolute Gasteiger partial charge is 0.247 e. The summed E-state index contributed by atoms with van der Waals surface area (Å²) in [4.78, 5) is 16.1. The van der Waals surface area contributed by atoms with Gasteiger partial charge in [0.2, 0.25) is 5.91 Å². The van der Waals surface area contributed by atoms with Crippen molar-refractivity contribution >= 4 is 58.1 Å². The van der Waals surface area contributed by atoms with Crippen LogP contribution in [0.25, 0.3) is 10.9 Å². The van der Waals surface area contributed by atoms with Gasteiger partial charge in [-0.3, -0.25) is 4.79 Å². The predicted molar refractivity (Wildman–Crippen MR) is 105 cm³/mol. The van der Waals surface area contributed by atoms with Crippen LogP contribution in [0.1, 0.15) is 17.3 Å². The Hall–Kier alpha value is -1.72. The van der Waals surface area contributed by atoms with Crippen molar-refractivity contribution in [1.82, 2.24) is 10.3 Å². The number of rotatable bonds is 2. The molecule has 0 saturated heterocycles. The van der Waals surface area contributed by atoms with Crippen molar-refractivity contribution < 1.29 is 4.79 Å². The van der Waals surface area contributed by atoms with E-state index in [4.69, 9.17) is 23.2 Å². The Morgan fingerprint density at radius 1 is 1.12 bits per heavy atom. The molecule has 25 heavy (non-hydrogen) atoms. The molecule has 1 aliphatic heterocycles. The standard InChI is InChI=1S/C18H15Cl2N3O.ClH/c19-10-2-1-3-12(8-10)22-18(24)17-16-13(6-7-21-17)14-9-11(20)4-5-15(14)23-16;/h1-5,8-9,17,21,23H,6-7H2,(H,22,24);1H. The van der Waals surface area contributed by atoms with Crippen molar-refractivity contribution in [3.63, 3.8) is 0 Å². The van der Waals surface area contributed by atoms with E-state index in [-0.39, 0.29) is 18.3 Å². The molecule has 0 spiro atoms. The van der Waals surface area contributed by atoms with Gasteiger partial charge in [0.05, 0.1) is 0 Å². The number of fused-ring (bicyclic) bond motifs is 3. The van der Waals surface area contributed by atoms with Gasteiger partial charge in [0.1, 0.15) is 6.04 Å². The summed E-state index contributed by atoms with van der Waals surface area (Å²) in [6.45, 7) is 0.736. The van der Waals surface area contributed by atoms with Gasteiger partial charge in [0, 0.05) is 38.9 Å². The molecule has 1 unspecified atom stereocenters. The lowest BCUT2D eigenvalue weighted by molar-refractivity contribution is -0.118. The molecule has 3 aromatic rings. The van der Waals surface area contributed by atoms with Crippen LogP contribution in [0.2, 0.25) is 10.0 Å². The van der Waals surface area contributed by atoms with E-state index < -0.39 is 6.04 Å². The number of carbonyl (C=O) groups excluding carboxylic acids is 1. The number of benzene rings is 2. The van der Waals surface area contributed by atoms with Gasteiger partial charge < -0.3 is 15.6 Å². The summed E-state index contributed by atoms with van der Waals surface area (Å²) in [6.07, 6.45) is 0.858. The molecular formula is C18H16Cl3N3O. The van der Waals surface area contributed by atoms with Crippen LogP contribution >= 0.6 is 35.6 Å². The van der Waals surface area contributed by atoms with E-state index in [1.165, 1.54) is 0 Å². The summed E-state index contributed by atoms with van der Waals surface area (Å²) in [7, 11) is 0. The first-order valence-electron chi connectivity index (χ1n) is 7.71. The van der Waals surface area contributed by atoms with Gasteiger partial charge in [0.25, 0.3) is 0 Å². The minimum absolute atomic E-state index is 0. The average molecular weight is 397 g/mol. The summed E-state index contributed by atoms with van der Waals surface area (Å²) in [5.41, 5.74) is 3.73. The average Bonchev–Trinajstić information content (AvgIpc) is 2.92. The molecule has 4 nitrogen and oxygen atoms in total. The molecule has 3 N–H and O–H groups in total. The highest BCUT2D eigenvalue weighted by Gasteiger charge is 2.29. The molecule has 2 heterocycles. The van der Waals surface area contributed by atoms with E-state index in [1.54, 1.807) is 12.1 Å². The van der Waals surface area contributed by atoms with Crippen molar-refractivity contribution in [1.29, 1.82) is 0 Å². The first-order valence-corrected chi connectivity index (χ1v) is 8.47. The van der Waals surface area contributed by atoms with Crippen molar-refractivity contribution in [2.45, 2.75) is 12.5 Å². The lowest BCUT2D eigenvalue weighted by atomic mass is 9.99. The van der Waals surface area contributed by atoms with Crippen LogP contribution in [0.3, 0.4) is 0 Å². The predicted octanol–water partition coefficient (Wildman–Crippen LogP) is 4.72. The Morgan fingerprint density at radius 2 is 1.92 bits per heavy atom. The number of aromatic amines is 1. The van der Waals surface area contributed by atoms with E-state index in [2.05, 4.69) is 15.6 Å². The van der Waals surface area contributed by atoms with E-state index in [1.807, 2.05) is 30.3 Å². The second kappa shape index (κ2) is 7.26. The SMILES string of the molecule is Cl.O=C(Nc1cccc(Cl)c1)C1NCCc2c1[nH]c1ccc(Cl)cc21. The first-order chi connectivity index (χ1) is 11.6. The number of amides is 1. The highest BCUT2D eigenvalue weighted by atomic mass is 35.5. The molecule has 1 amide bonds. The van der Waals surface area contributed by atoms with Crippen LogP contribution in [0, 0.1) is 0 Å². The van der Waals surface area contributed by atoms with Crippen LogP contribution < -0.4 is 10.6 Å². The molecule has 0 aliphatic carbocycles. The zero-order valence-electron chi connectivity index (χ0n) is 13.1. The largest absolute Gasteiger partial charge is 0.356 e. The van der Waals surface area contributed by atoms with E-state index in [0.29, 0.717) is 15.7 Å². The van der Waals surface area contributed by atoms with E-state index in [9.17, 15) is 4.79 Å². The second-order valence-electron chi connectivity index (χ2n) is 5.84. The summed E-state index contributed by atoms with van der Waals surface area (Å²) < 4.78 is 0. The van der Waals surface area contributed by atoms with Crippen molar-refractivity contribution in [2.24, 2.45) is 0 Å². The van der Waals surface area contributed by atoms with Crippen LogP contribution in [0.5, 0.6) is 0 Å². The maximum atomic E-state index is 12.7. The Bertz CT molecular complexity index is 938. The molecule has 2 aromatic carbocycles. The number of aromatic nitrogens is 1. The lowest BCUT2D eigenvalue weighted by Gasteiger charge is -2.23. The normalized spacial score (nSPS) is 16.2. The van der Waals surface area contributed by atoms with E-state index >= 15 is 0 Å². The molecule has 0 saturated carbocycles. The molecule has 4 rings (SSSR count). The third-order valence-corrected chi connectivity index (χ3v) is 4.74. The fourth-order valence-corrected chi connectivity index (χ4v) is 3.57. The number of carbonyl (C=O) groups is 1. The number of nitrogens with one attached hydrogen (secondary N) is 3. The number of H-pyrrole nitrogens is 1. The Morgan fingerprint density at radius 3 is 2.72 bits per heavy atom. The Balaban J connectivity index is 0.00000182. The van der Waals surface area contributed by atoms with Gasteiger partial charge in [-0.2, -0.15) is 0 Å². The van der Waals surface area contributed by atoms with Gasteiger partial charge in [0.15, 0.2) is 0 Å². The van der Waals surface area contributed by atoms with Crippen molar-refractivity contribution in [3.8, 4) is 0 Å². The number of anilines is 1. The van der Waals surface area contributed by atoms with Crippen molar-refractivity contribution in [2.75, 3.05) is 11.9 Å². The summed E-state index contributed by atoms with van der Waals surface area (Å²) in [5.74, 6) is -0.115. The molecule has 130 valence electrons. The maximum Gasteiger partial charge on any atom is 0.247 e. The number of halogens is 3. The minimum Gasteiger partial charge on any atom is -0.356 e. The third-order valence-electron chi connectivity index (χ3n) is 4.27. The Labute approximate surface area is 161 Å². The van der Waals surface area contributed by atoms with Gasteiger partial charge in [-0.25, -0.2) is 0 Å². The topological polar surface area (TPSA) is 56.9 Å². The molecule has 7 heteroatoms. The quantitative estimate of drug-likeness (QED) is 0.587. The zero-order valence-corrected chi connectivity index (χ0v) is 15.4. The Kier molecular flexibility index (Phi) is 5.25. The van der Waals surface area contributed by atoms with Crippen LogP contribution in [-0.4, -0.2) is 17.4 Å². The monoisotopic (exact) mass is 395 g/mol. The number of hydrogen-bond acceptors (Lipinski definition) is 2. The lowest BCUT2D eigenvalue weighted by Crippen LogP contribution is -2.38. The summed E-state index contributed by atoms with van der Waals surface area (Å²) >= 11 is 12.1. The van der Waals surface area contributed by atoms with Crippen LogP contribution in [0.4, 0.5) is 5.69 Å². The number of hydrogen-bond donors (Lipinski definition) is 3. The molecule has 1 aliphatic rings. The highest BCUT2D eigenvalue weighted by molar-refractivity contribution is 6.31.